The standard InChI is InChI=1S/C39H45FN8O3/c1-22(2)47-21-42-33-18-31(43-36(35(33)47)44-32-17-28(37(50)41-5)23(3)13-30(32)40)25-9-10-29-34(14-25)48(38(51)39(29)19-46(20-39)24(4)49)27-15-26(16-27)45-11-7-6-8-12-45/h9-10,13-14,17-18,21-22,26-27H,6-8,11-12,15-16,19-20H2,1-5H3,(H,41,50)(H,43,44). The van der Waals surface area contributed by atoms with Gasteiger partial charge < -0.3 is 29.9 Å². The van der Waals surface area contributed by atoms with Crippen LogP contribution in [0.5, 0.6) is 0 Å². The molecule has 0 bridgehead atoms. The lowest BCUT2D eigenvalue weighted by molar-refractivity contribution is -0.142. The zero-order chi connectivity index (χ0) is 35.8. The Kier molecular flexibility index (Phi) is 8.12. The van der Waals surface area contributed by atoms with Crippen LogP contribution in [0.15, 0.2) is 42.7 Å². The number of rotatable bonds is 7. The Morgan fingerprint density at radius 3 is 2.45 bits per heavy atom. The zero-order valence-corrected chi connectivity index (χ0v) is 29.9. The summed E-state index contributed by atoms with van der Waals surface area (Å²) >= 11 is 0. The molecular formula is C39H45FN8O3. The van der Waals surface area contributed by atoms with Crippen LogP contribution in [-0.2, 0) is 15.0 Å². The van der Waals surface area contributed by atoms with Gasteiger partial charge in [-0.15, -0.1) is 0 Å². The molecule has 4 aromatic rings. The number of benzene rings is 2. The van der Waals surface area contributed by atoms with E-state index < -0.39 is 11.2 Å². The SMILES string of the molecule is CNC(=O)c1cc(Nc2nc(-c3ccc4c(c3)N(C3CC(N5CCCCC5)C3)C(=O)C43CN(C(C)=O)C3)cc3ncn(C(C)C)c23)c(F)cc1C. The Bertz CT molecular complexity index is 2070. The Balaban J connectivity index is 1.20. The van der Waals surface area contributed by atoms with Crippen LogP contribution in [0.4, 0.5) is 21.6 Å². The van der Waals surface area contributed by atoms with Crippen LogP contribution in [0.2, 0.25) is 0 Å². The van der Waals surface area contributed by atoms with Crippen molar-refractivity contribution in [2.24, 2.45) is 0 Å². The van der Waals surface area contributed by atoms with Gasteiger partial charge in [0.25, 0.3) is 5.91 Å². The molecule has 8 rings (SSSR count). The molecule has 3 amide bonds. The van der Waals surface area contributed by atoms with Crippen molar-refractivity contribution in [1.82, 2.24) is 29.7 Å². The summed E-state index contributed by atoms with van der Waals surface area (Å²) < 4.78 is 17.4. The first-order valence-electron chi connectivity index (χ1n) is 18.1. The summed E-state index contributed by atoms with van der Waals surface area (Å²) in [6.45, 7) is 10.4. The fraction of sp³-hybridized carbons (Fsp3) is 0.462. The van der Waals surface area contributed by atoms with Crippen molar-refractivity contribution in [2.45, 2.75) is 83.3 Å². The van der Waals surface area contributed by atoms with Gasteiger partial charge in [0.15, 0.2) is 5.82 Å². The molecule has 4 aliphatic rings. The van der Waals surface area contributed by atoms with Gasteiger partial charge in [0.1, 0.15) is 16.7 Å². The molecule has 1 saturated carbocycles. The van der Waals surface area contributed by atoms with Gasteiger partial charge in [0.05, 0.1) is 23.2 Å². The molecule has 3 fully saturated rings. The second-order valence-corrected chi connectivity index (χ2v) is 15.1. The van der Waals surface area contributed by atoms with Crippen molar-refractivity contribution in [3.05, 3.63) is 65.2 Å². The molecule has 0 atom stereocenters. The fourth-order valence-electron chi connectivity index (χ4n) is 8.56. The van der Waals surface area contributed by atoms with E-state index >= 15 is 4.39 Å². The number of carbonyl (C=O) groups excluding carboxylic acids is 3. The molecule has 0 unspecified atom stereocenters. The number of likely N-dealkylation sites (tertiary alicyclic amines) is 2. The molecule has 5 heterocycles. The van der Waals surface area contributed by atoms with Crippen molar-refractivity contribution in [3.63, 3.8) is 0 Å². The Hall–Kier alpha value is -4.84. The summed E-state index contributed by atoms with van der Waals surface area (Å²) in [6.07, 6.45) is 7.38. The molecule has 1 aliphatic carbocycles. The number of aryl methyl sites for hydroxylation is 1. The van der Waals surface area contributed by atoms with Gasteiger partial charge in [-0.05, 0) is 94.9 Å². The number of hydrogen-bond donors (Lipinski definition) is 2. The minimum atomic E-state index is -0.735. The van der Waals surface area contributed by atoms with E-state index in [4.69, 9.17) is 9.97 Å². The fourth-order valence-corrected chi connectivity index (χ4v) is 8.56. The molecule has 0 radical (unpaired) electrons. The van der Waals surface area contributed by atoms with E-state index in [1.54, 1.807) is 32.1 Å². The van der Waals surface area contributed by atoms with Crippen LogP contribution in [0.1, 0.15) is 80.4 Å². The molecule has 11 nitrogen and oxygen atoms in total. The summed E-state index contributed by atoms with van der Waals surface area (Å²) in [5.41, 5.74) is 4.94. The van der Waals surface area contributed by atoms with Gasteiger partial charge in [-0.25, -0.2) is 14.4 Å². The van der Waals surface area contributed by atoms with E-state index in [1.165, 1.54) is 31.4 Å². The highest BCUT2D eigenvalue weighted by atomic mass is 19.1. The van der Waals surface area contributed by atoms with Crippen molar-refractivity contribution >= 4 is 45.9 Å². The molecule has 12 heteroatoms. The number of aromatic nitrogens is 3. The lowest BCUT2D eigenvalue weighted by atomic mass is 9.74. The van der Waals surface area contributed by atoms with Crippen LogP contribution < -0.4 is 15.5 Å². The van der Waals surface area contributed by atoms with Gasteiger partial charge >= 0.3 is 0 Å². The molecular weight excluding hydrogens is 647 g/mol. The second kappa shape index (κ2) is 12.4. The predicted octanol–water partition coefficient (Wildman–Crippen LogP) is 5.69. The quantitative estimate of drug-likeness (QED) is 0.256. The van der Waals surface area contributed by atoms with Crippen LogP contribution in [0, 0.1) is 12.7 Å². The third-order valence-corrected chi connectivity index (χ3v) is 11.6. The van der Waals surface area contributed by atoms with Crippen LogP contribution in [0.25, 0.3) is 22.3 Å². The molecule has 51 heavy (non-hydrogen) atoms. The number of piperidine rings is 1. The van der Waals surface area contributed by atoms with E-state index in [-0.39, 0.29) is 35.5 Å². The highest BCUT2D eigenvalue weighted by Gasteiger charge is 2.61. The van der Waals surface area contributed by atoms with Gasteiger partial charge in [-0.2, -0.15) is 0 Å². The van der Waals surface area contributed by atoms with Crippen molar-refractivity contribution < 1.29 is 18.8 Å². The number of imidazole rings is 1. The number of pyridine rings is 1. The molecule has 2 N–H and O–H groups in total. The van der Waals surface area contributed by atoms with Crippen LogP contribution in [0.3, 0.4) is 0 Å². The first-order valence-corrected chi connectivity index (χ1v) is 18.1. The van der Waals surface area contributed by atoms with Gasteiger partial charge in [0, 0.05) is 62.0 Å². The van der Waals surface area contributed by atoms with E-state index in [1.807, 2.05) is 41.5 Å². The number of fused-ring (bicyclic) bond motifs is 3. The van der Waals surface area contributed by atoms with Crippen molar-refractivity contribution in [1.29, 1.82) is 0 Å². The van der Waals surface area contributed by atoms with E-state index in [9.17, 15) is 14.4 Å². The number of nitrogens with zero attached hydrogens (tertiary/aromatic N) is 6. The van der Waals surface area contributed by atoms with Crippen molar-refractivity contribution in [3.8, 4) is 11.3 Å². The topological polar surface area (TPSA) is 116 Å². The largest absolute Gasteiger partial charge is 0.355 e. The lowest BCUT2D eigenvalue weighted by Gasteiger charge is -2.50. The van der Waals surface area contributed by atoms with E-state index in [2.05, 4.69) is 21.6 Å². The predicted molar refractivity (Wildman–Crippen MR) is 195 cm³/mol. The zero-order valence-electron chi connectivity index (χ0n) is 29.9. The van der Waals surface area contributed by atoms with Gasteiger partial charge in [0.2, 0.25) is 11.8 Å². The monoisotopic (exact) mass is 692 g/mol. The third-order valence-electron chi connectivity index (χ3n) is 11.6. The molecule has 2 aromatic heterocycles. The summed E-state index contributed by atoms with van der Waals surface area (Å²) in [7, 11) is 1.55. The minimum Gasteiger partial charge on any atom is -0.355 e. The number of hydrogen-bond acceptors (Lipinski definition) is 7. The highest BCUT2D eigenvalue weighted by molar-refractivity contribution is 6.11. The molecule has 266 valence electrons. The average molecular weight is 693 g/mol. The summed E-state index contributed by atoms with van der Waals surface area (Å²) in [5, 5.41) is 5.84. The van der Waals surface area contributed by atoms with Crippen LogP contribution >= 0.6 is 0 Å². The number of nitrogens with one attached hydrogen (secondary N) is 2. The maximum Gasteiger partial charge on any atom is 0.251 e. The highest BCUT2D eigenvalue weighted by Crippen LogP contribution is 2.51. The van der Waals surface area contributed by atoms with Crippen LogP contribution in [-0.4, -0.2) is 87.4 Å². The Labute approximate surface area is 297 Å². The Morgan fingerprint density at radius 2 is 1.76 bits per heavy atom. The number of halogens is 1. The third kappa shape index (κ3) is 5.37. The first-order chi connectivity index (χ1) is 24.5. The molecule has 3 aliphatic heterocycles. The normalized spacial score (nSPS) is 21.2. The van der Waals surface area contributed by atoms with Gasteiger partial charge in [-0.1, -0.05) is 18.6 Å². The van der Waals surface area contributed by atoms with Crippen molar-refractivity contribution in [2.75, 3.05) is 43.4 Å². The van der Waals surface area contributed by atoms with E-state index in [0.717, 1.165) is 42.7 Å². The van der Waals surface area contributed by atoms with Gasteiger partial charge in [-0.3, -0.25) is 14.4 Å². The number of amides is 3. The molecule has 2 aromatic carbocycles. The first kappa shape index (κ1) is 33.3. The lowest BCUT2D eigenvalue weighted by Crippen LogP contribution is -2.66. The maximum absolute atomic E-state index is 15.5. The summed E-state index contributed by atoms with van der Waals surface area (Å²) in [4.78, 5) is 55.4. The summed E-state index contributed by atoms with van der Waals surface area (Å²) in [5.74, 6) is -0.349. The minimum absolute atomic E-state index is 0.0234. The Morgan fingerprint density at radius 1 is 1.02 bits per heavy atom. The molecule has 1 spiro atoms. The number of carbonyl (C=O) groups is 3. The number of anilines is 3. The molecule has 2 saturated heterocycles. The smallest absolute Gasteiger partial charge is 0.251 e. The maximum atomic E-state index is 15.5. The average Bonchev–Trinajstić information content (AvgIpc) is 3.62. The van der Waals surface area contributed by atoms with E-state index in [0.29, 0.717) is 52.8 Å². The second-order valence-electron chi connectivity index (χ2n) is 15.1. The summed E-state index contributed by atoms with van der Waals surface area (Å²) in [6, 6.07) is 11.5.